The largest absolute Gasteiger partial charge is 0.480 e. The van der Waals surface area contributed by atoms with Crippen molar-refractivity contribution in [2.24, 2.45) is 0 Å². The normalized spacial score (nSPS) is 21.5. The van der Waals surface area contributed by atoms with Gasteiger partial charge in [-0.3, -0.25) is 4.79 Å². The van der Waals surface area contributed by atoms with Crippen LogP contribution in [0, 0.1) is 0 Å². The van der Waals surface area contributed by atoms with Crippen LogP contribution in [0.5, 0.6) is 0 Å². The van der Waals surface area contributed by atoms with Crippen LogP contribution in [0.1, 0.15) is 6.92 Å². The summed E-state index contributed by atoms with van der Waals surface area (Å²) in [5, 5.41) is 10.7. The van der Waals surface area contributed by atoms with Gasteiger partial charge in [-0.2, -0.15) is 4.31 Å². The molecule has 0 aromatic carbocycles. The smallest absolute Gasteiger partial charge is 0.326 e. The molecule has 0 radical (unpaired) electrons. The number of carboxylic acid groups (broad SMARTS) is 1. The van der Waals surface area contributed by atoms with Gasteiger partial charge in [0.05, 0.1) is 0 Å². The highest BCUT2D eigenvalue weighted by Crippen LogP contribution is 2.28. The molecule has 1 N–H and O–H groups in total. The van der Waals surface area contributed by atoms with Gasteiger partial charge < -0.3 is 5.11 Å². The second kappa shape index (κ2) is 4.25. The Hall–Kier alpha value is -1.18. The summed E-state index contributed by atoms with van der Waals surface area (Å²) in [5.74, 6) is -1.14. The fourth-order valence-corrected chi connectivity index (χ4v) is 4.43. The van der Waals surface area contributed by atoms with Gasteiger partial charge in [0, 0.05) is 6.54 Å². The average molecular weight is 273 g/mol. The molecule has 0 saturated carbocycles. The van der Waals surface area contributed by atoms with Crippen LogP contribution in [-0.2, 0) is 14.8 Å². The van der Waals surface area contributed by atoms with Gasteiger partial charge in [0.15, 0.2) is 0 Å². The van der Waals surface area contributed by atoms with E-state index in [1.165, 1.54) is 6.07 Å². The highest BCUT2D eigenvalue weighted by molar-refractivity contribution is 7.91. The third-order valence-electron chi connectivity index (χ3n) is 2.60. The lowest BCUT2D eigenvalue weighted by Crippen LogP contribution is -2.41. The number of carboxylic acids is 1. The summed E-state index contributed by atoms with van der Waals surface area (Å²) in [4.78, 5) is 11.1. The average Bonchev–Trinajstić information content (AvgIpc) is 2.84. The standard InChI is InChI=1S/C10H11NO4S2/c1-7-4-5-11(9(7)10(12)13)17(14,15)8-3-2-6-16-8/h2-4,6,9H,5H2,1H3,(H,12,13)/t9-/m0/s1. The maximum absolute atomic E-state index is 12.2. The van der Waals surface area contributed by atoms with E-state index in [1.54, 1.807) is 24.4 Å². The molecule has 0 spiro atoms. The Bertz CT molecular complexity index is 559. The number of sulfonamides is 1. The van der Waals surface area contributed by atoms with Crippen molar-refractivity contribution in [1.29, 1.82) is 0 Å². The van der Waals surface area contributed by atoms with Gasteiger partial charge >= 0.3 is 5.97 Å². The Kier molecular flexibility index (Phi) is 3.07. The Morgan fingerprint density at radius 1 is 1.59 bits per heavy atom. The maximum Gasteiger partial charge on any atom is 0.326 e. The molecule has 5 nitrogen and oxygen atoms in total. The summed E-state index contributed by atoms with van der Waals surface area (Å²) in [5.41, 5.74) is 0.553. The highest BCUT2D eigenvalue weighted by atomic mass is 32.2. The summed E-state index contributed by atoms with van der Waals surface area (Å²) in [6, 6.07) is 2.03. The van der Waals surface area contributed by atoms with E-state index in [0.717, 1.165) is 15.6 Å². The second-order valence-electron chi connectivity index (χ2n) is 3.70. The van der Waals surface area contributed by atoms with Crippen LogP contribution in [-0.4, -0.2) is 36.4 Å². The molecule has 92 valence electrons. The molecule has 0 bridgehead atoms. The van der Waals surface area contributed by atoms with E-state index < -0.39 is 22.0 Å². The topological polar surface area (TPSA) is 74.7 Å². The Balaban J connectivity index is 2.40. The summed E-state index contributed by atoms with van der Waals surface area (Å²) >= 11 is 1.09. The third kappa shape index (κ3) is 2.01. The Morgan fingerprint density at radius 2 is 2.29 bits per heavy atom. The molecule has 1 atom stereocenters. The van der Waals surface area contributed by atoms with E-state index in [0.29, 0.717) is 5.57 Å². The second-order valence-corrected chi connectivity index (χ2v) is 6.76. The molecule has 0 saturated heterocycles. The van der Waals surface area contributed by atoms with Gasteiger partial charge in [-0.25, -0.2) is 8.42 Å². The zero-order chi connectivity index (χ0) is 12.6. The number of aliphatic carboxylic acids is 1. The van der Waals surface area contributed by atoms with Crippen molar-refractivity contribution in [2.75, 3.05) is 6.54 Å². The molecule has 0 unspecified atom stereocenters. The first-order chi connectivity index (χ1) is 7.94. The SMILES string of the molecule is CC1=CCN(S(=O)(=O)c2cccs2)[C@@H]1C(=O)O. The number of thiophene rings is 1. The Labute approximate surface area is 103 Å². The summed E-state index contributed by atoms with van der Waals surface area (Å²) in [6.07, 6.45) is 1.63. The van der Waals surface area contributed by atoms with Crippen LogP contribution in [0.4, 0.5) is 0 Å². The van der Waals surface area contributed by atoms with Crippen LogP contribution in [0.3, 0.4) is 0 Å². The van der Waals surface area contributed by atoms with Crippen molar-refractivity contribution >= 4 is 27.3 Å². The third-order valence-corrected chi connectivity index (χ3v) is 5.81. The van der Waals surface area contributed by atoms with Crippen LogP contribution in [0.15, 0.2) is 33.4 Å². The first-order valence-electron chi connectivity index (χ1n) is 4.89. The minimum Gasteiger partial charge on any atom is -0.480 e. The molecule has 17 heavy (non-hydrogen) atoms. The summed E-state index contributed by atoms with van der Waals surface area (Å²) in [7, 11) is -3.70. The molecule has 1 aliphatic heterocycles. The number of carbonyl (C=O) groups is 1. The minimum atomic E-state index is -3.70. The molecular formula is C10H11NO4S2. The van der Waals surface area contributed by atoms with Crippen LogP contribution in [0.25, 0.3) is 0 Å². The lowest BCUT2D eigenvalue weighted by molar-refractivity contribution is -0.139. The maximum atomic E-state index is 12.2. The van der Waals surface area contributed by atoms with Crippen molar-refractivity contribution in [3.05, 3.63) is 29.2 Å². The molecule has 0 fully saturated rings. The van der Waals surface area contributed by atoms with Gasteiger partial charge in [0.25, 0.3) is 10.0 Å². The zero-order valence-corrected chi connectivity index (χ0v) is 10.7. The lowest BCUT2D eigenvalue weighted by atomic mass is 10.2. The van der Waals surface area contributed by atoms with Gasteiger partial charge in [-0.05, 0) is 23.9 Å². The van der Waals surface area contributed by atoms with Gasteiger partial charge in [-0.15, -0.1) is 11.3 Å². The Morgan fingerprint density at radius 3 is 2.82 bits per heavy atom. The van der Waals surface area contributed by atoms with Crippen molar-refractivity contribution in [1.82, 2.24) is 4.31 Å². The summed E-state index contributed by atoms with van der Waals surface area (Å²) in [6.45, 7) is 1.74. The molecule has 2 heterocycles. The number of nitrogens with zero attached hydrogens (tertiary/aromatic N) is 1. The minimum absolute atomic E-state index is 0.114. The van der Waals surface area contributed by atoms with E-state index in [1.807, 2.05) is 0 Å². The summed E-state index contributed by atoms with van der Waals surface area (Å²) < 4.78 is 25.6. The fraction of sp³-hybridized carbons (Fsp3) is 0.300. The van der Waals surface area contributed by atoms with Gasteiger partial charge in [0.1, 0.15) is 10.3 Å². The number of hydrogen-bond acceptors (Lipinski definition) is 4. The van der Waals surface area contributed by atoms with E-state index in [2.05, 4.69) is 0 Å². The first-order valence-corrected chi connectivity index (χ1v) is 7.21. The van der Waals surface area contributed by atoms with Gasteiger partial charge in [0.2, 0.25) is 0 Å². The molecule has 1 aliphatic rings. The zero-order valence-electron chi connectivity index (χ0n) is 9.03. The van der Waals surface area contributed by atoms with Crippen molar-refractivity contribution in [2.45, 2.75) is 17.2 Å². The molecule has 7 heteroatoms. The predicted octanol–water partition coefficient (Wildman–Crippen LogP) is 1.15. The molecule has 2 rings (SSSR count). The van der Waals surface area contributed by atoms with Crippen LogP contribution < -0.4 is 0 Å². The number of hydrogen-bond donors (Lipinski definition) is 1. The van der Waals surface area contributed by atoms with E-state index >= 15 is 0 Å². The van der Waals surface area contributed by atoms with Crippen LogP contribution >= 0.6 is 11.3 Å². The molecular weight excluding hydrogens is 262 g/mol. The first kappa shape index (κ1) is 12.3. The lowest BCUT2D eigenvalue weighted by Gasteiger charge is -2.21. The van der Waals surface area contributed by atoms with E-state index in [-0.39, 0.29) is 10.8 Å². The molecule has 1 aromatic heterocycles. The van der Waals surface area contributed by atoms with Crippen molar-refractivity contribution < 1.29 is 18.3 Å². The van der Waals surface area contributed by atoms with Gasteiger partial charge in [-0.1, -0.05) is 12.1 Å². The van der Waals surface area contributed by atoms with Crippen molar-refractivity contribution in [3.8, 4) is 0 Å². The molecule has 1 aromatic rings. The van der Waals surface area contributed by atoms with Crippen molar-refractivity contribution in [3.63, 3.8) is 0 Å². The van der Waals surface area contributed by atoms with E-state index in [9.17, 15) is 13.2 Å². The highest BCUT2D eigenvalue weighted by Gasteiger charge is 2.40. The fourth-order valence-electron chi connectivity index (χ4n) is 1.76. The number of rotatable bonds is 3. The monoisotopic (exact) mass is 273 g/mol. The quantitative estimate of drug-likeness (QED) is 0.838. The van der Waals surface area contributed by atoms with Crippen LogP contribution in [0.2, 0.25) is 0 Å². The molecule has 0 aliphatic carbocycles. The predicted molar refractivity (Wildman–Crippen MR) is 63.4 cm³/mol. The molecule has 0 amide bonds. The van der Waals surface area contributed by atoms with E-state index in [4.69, 9.17) is 5.11 Å².